The van der Waals surface area contributed by atoms with Crippen molar-refractivity contribution in [3.8, 4) is 0 Å². The van der Waals surface area contributed by atoms with Gasteiger partial charge in [-0.2, -0.15) is 0 Å². The van der Waals surface area contributed by atoms with Crippen LogP contribution in [0.15, 0.2) is 0 Å². The number of hydrogen-bond acceptors (Lipinski definition) is 2. The molecule has 66 valence electrons. The van der Waals surface area contributed by atoms with Gasteiger partial charge in [-0.15, -0.1) is 0 Å². The Kier molecular flexibility index (Phi) is 2.90. The normalized spacial score (nSPS) is 27.5. The van der Waals surface area contributed by atoms with Crippen LogP contribution in [-0.4, -0.2) is 16.0 Å². The minimum Gasteiger partial charge on any atom is -0.366 e. The topological polar surface area (TPSA) is 40.5 Å². The summed E-state index contributed by atoms with van der Waals surface area (Å²) in [6.45, 7) is 2.24. The van der Waals surface area contributed by atoms with Gasteiger partial charge in [0.1, 0.15) is 0 Å². The molecule has 1 fully saturated rings. The largest absolute Gasteiger partial charge is 0.366 e. The summed E-state index contributed by atoms with van der Waals surface area (Å²) in [5.41, 5.74) is 0. The third-order valence-electron chi connectivity index (χ3n) is 2.55. The summed E-state index contributed by atoms with van der Waals surface area (Å²) in [6.07, 6.45) is 5.29. The molecule has 0 heterocycles. The molecule has 1 aliphatic rings. The summed E-state index contributed by atoms with van der Waals surface area (Å²) >= 11 is 0. The smallest absolute Gasteiger partial charge is 0.162 e. The summed E-state index contributed by atoms with van der Waals surface area (Å²) in [4.78, 5) is 0. The summed E-state index contributed by atoms with van der Waals surface area (Å²) in [5, 5.41) is 18.6. The second kappa shape index (κ2) is 3.55. The van der Waals surface area contributed by atoms with Crippen molar-refractivity contribution in [3.63, 3.8) is 0 Å². The number of aliphatic hydroxyl groups is 2. The van der Waals surface area contributed by atoms with E-state index >= 15 is 0 Å². The molecule has 0 radical (unpaired) electrons. The first-order valence-electron chi connectivity index (χ1n) is 4.55. The molecule has 0 aliphatic heterocycles. The van der Waals surface area contributed by atoms with Gasteiger partial charge < -0.3 is 10.2 Å². The van der Waals surface area contributed by atoms with Gasteiger partial charge in [-0.25, -0.2) is 0 Å². The van der Waals surface area contributed by atoms with Crippen molar-refractivity contribution < 1.29 is 10.2 Å². The third-order valence-corrected chi connectivity index (χ3v) is 2.55. The average molecular weight is 158 g/mol. The lowest BCUT2D eigenvalue weighted by Gasteiger charge is -2.25. The SMILES string of the molecule is CC1CCCC(O)(O)CCC1. The molecule has 2 nitrogen and oxygen atoms in total. The fourth-order valence-electron chi connectivity index (χ4n) is 1.74. The Labute approximate surface area is 68.2 Å². The van der Waals surface area contributed by atoms with Crippen LogP contribution in [-0.2, 0) is 0 Å². The molecule has 0 aromatic rings. The molecule has 1 aliphatic carbocycles. The van der Waals surface area contributed by atoms with Gasteiger partial charge in [0.25, 0.3) is 0 Å². The van der Waals surface area contributed by atoms with Gasteiger partial charge >= 0.3 is 0 Å². The van der Waals surface area contributed by atoms with Crippen molar-refractivity contribution in [2.75, 3.05) is 0 Å². The van der Waals surface area contributed by atoms with Crippen LogP contribution in [0.2, 0.25) is 0 Å². The van der Waals surface area contributed by atoms with E-state index in [0.29, 0.717) is 12.8 Å². The molecular formula is C9H18O2. The van der Waals surface area contributed by atoms with E-state index in [1.165, 1.54) is 0 Å². The highest BCUT2D eigenvalue weighted by Crippen LogP contribution is 2.26. The van der Waals surface area contributed by atoms with Crippen LogP contribution in [0.4, 0.5) is 0 Å². The van der Waals surface area contributed by atoms with E-state index < -0.39 is 5.79 Å². The predicted molar refractivity (Wildman–Crippen MR) is 44.0 cm³/mol. The van der Waals surface area contributed by atoms with Crippen LogP contribution in [0, 0.1) is 5.92 Å². The average Bonchev–Trinajstić information content (AvgIpc) is 1.83. The van der Waals surface area contributed by atoms with Gasteiger partial charge in [0.15, 0.2) is 5.79 Å². The van der Waals surface area contributed by atoms with Gasteiger partial charge in [-0.3, -0.25) is 0 Å². The molecule has 2 heteroatoms. The summed E-state index contributed by atoms with van der Waals surface area (Å²) in [5.74, 6) is -0.591. The highest BCUT2D eigenvalue weighted by atomic mass is 16.5. The lowest BCUT2D eigenvalue weighted by atomic mass is 9.90. The highest BCUT2D eigenvalue weighted by Gasteiger charge is 2.24. The number of hydrogen-bond donors (Lipinski definition) is 2. The molecule has 0 aromatic heterocycles. The van der Waals surface area contributed by atoms with Crippen LogP contribution < -0.4 is 0 Å². The quantitative estimate of drug-likeness (QED) is 0.526. The number of rotatable bonds is 0. The van der Waals surface area contributed by atoms with Crippen molar-refractivity contribution in [2.45, 2.75) is 51.2 Å². The lowest BCUT2D eigenvalue weighted by Crippen LogP contribution is -2.29. The van der Waals surface area contributed by atoms with Crippen LogP contribution in [0.1, 0.15) is 45.4 Å². The van der Waals surface area contributed by atoms with E-state index in [1.54, 1.807) is 0 Å². The maximum absolute atomic E-state index is 9.32. The van der Waals surface area contributed by atoms with Crippen molar-refractivity contribution in [3.05, 3.63) is 0 Å². The van der Waals surface area contributed by atoms with Crippen molar-refractivity contribution in [1.29, 1.82) is 0 Å². The molecule has 1 saturated carbocycles. The molecule has 11 heavy (non-hydrogen) atoms. The fourth-order valence-corrected chi connectivity index (χ4v) is 1.74. The lowest BCUT2D eigenvalue weighted by molar-refractivity contribution is -0.174. The molecule has 0 aromatic carbocycles. The second-order valence-corrected chi connectivity index (χ2v) is 3.87. The van der Waals surface area contributed by atoms with Crippen molar-refractivity contribution >= 4 is 0 Å². The first-order valence-corrected chi connectivity index (χ1v) is 4.55. The fraction of sp³-hybridized carbons (Fsp3) is 1.00. The second-order valence-electron chi connectivity index (χ2n) is 3.87. The molecule has 1 rings (SSSR count). The first-order chi connectivity index (χ1) is 5.10. The summed E-state index contributed by atoms with van der Waals surface area (Å²) in [6, 6.07) is 0. The zero-order valence-corrected chi connectivity index (χ0v) is 7.21. The van der Waals surface area contributed by atoms with Gasteiger partial charge in [0, 0.05) is 12.8 Å². The Balaban J connectivity index is 2.35. The monoisotopic (exact) mass is 158 g/mol. The van der Waals surface area contributed by atoms with Gasteiger partial charge in [-0.05, 0) is 18.8 Å². The van der Waals surface area contributed by atoms with Gasteiger partial charge in [0.2, 0.25) is 0 Å². The van der Waals surface area contributed by atoms with Crippen LogP contribution in [0.25, 0.3) is 0 Å². The predicted octanol–water partition coefficient (Wildman–Crippen LogP) is 1.66. The molecule has 0 atom stereocenters. The standard InChI is InChI=1S/C9H18O2/c1-8-4-2-6-9(10,11)7-3-5-8/h8,10-11H,2-7H2,1H3. The van der Waals surface area contributed by atoms with Crippen molar-refractivity contribution in [2.24, 2.45) is 5.92 Å². The Bertz CT molecular complexity index is 109. The van der Waals surface area contributed by atoms with Crippen LogP contribution >= 0.6 is 0 Å². The van der Waals surface area contributed by atoms with E-state index in [4.69, 9.17) is 0 Å². The van der Waals surface area contributed by atoms with E-state index in [9.17, 15) is 10.2 Å². The van der Waals surface area contributed by atoms with Crippen molar-refractivity contribution in [1.82, 2.24) is 0 Å². The molecule has 0 unspecified atom stereocenters. The van der Waals surface area contributed by atoms with Gasteiger partial charge in [0.05, 0.1) is 0 Å². The highest BCUT2D eigenvalue weighted by molar-refractivity contribution is 4.70. The summed E-state index contributed by atoms with van der Waals surface area (Å²) < 4.78 is 0. The first kappa shape index (κ1) is 9.01. The molecule has 0 spiro atoms. The Morgan fingerprint density at radius 3 is 2.00 bits per heavy atom. The molecule has 0 amide bonds. The molecule has 2 N–H and O–H groups in total. The Morgan fingerprint density at radius 2 is 1.55 bits per heavy atom. The Hall–Kier alpha value is -0.0800. The molecule has 0 saturated heterocycles. The minimum absolute atomic E-state index is 0.553. The zero-order chi connectivity index (χ0) is 8.32. The molecular weight excluding hydrogens is 140 g/mol. The Morgan fingerprint density at radius 1 is 1.09 bits per heavy atom. The summed E-state index contributed by atoms with van der Waals surface area (Å²) in [7, 11) is 0. The maximum Gasteiger partial charge on any atom is 0.162 e. The van der Waals surface area contributed by atoms with E-state index in [1.807, 2.05) is 0 Å². The minimum atomic E-state index is -1.36. The molecule has 0 bridgehead atoms. The van der Waals surface area contributed by atoms with E-state index in [0.717, 1.165) is 31.6 Å². The van der Waals surface area contributed by atoms with Crippen LogP contribution in [0.5, 0.6) is 0 Å². The van der Waals surface area contributed by atoms with E-state index in [2.05, 4.69) is 6.92 Å². The third kappa shape index (κ3) is 3.21. The maximum atomic E-state index is 9.32. The van der Waals surface area contributed by atoms with Crippen LogP contribution in [0.3, 0.4) is 0 Å². The van der Waals surface area contributed by atoms with Gasteiger partial charge in [-0.1, -0.05) is 19.8 Å². The zero-order valence-electron chi connectivity index (χ0n) is 7.21. The van der Waals surface area contributed by atoms with E-state index in [-0.39, 0.29) is 0 Å².